The lowest BCUT2D eigenvalue weighted by molar-refractivity contribution is 0.669. The number of fused-ring (bicyclic) bond motifs is 4. The Morgan fingerprint density at radius 2 is 0.936 bits per heavy atom. The second kappa shape index (κ2) is 11.2. The van der Waals surface area contributed by atoms with Gasteiger partial charge in [0.15, 0.2) is 17.5 Å². The third-order valence-corrected chi connectivity index (χ3v) is 6.75. The lowest BCUT2D eigenvalue weighted by Crippen LogP contribution is -2.00. The van der Waals surface area contributed by atoms with E-state index in [-0.39, 0.29) is 0 Å². The number of furan rings is 1. The van der Waals surface area contributed by atoms with Gasteiger partial charge in [-0.3, -0.25) is 0 Å². The maximum absolute atomic E-state index is 9.37. The van der Waals surface area contributed by atoms with Crippen LogP contribution in [0.1, 0.15) is 37.0 Å². The Hall–Kier alpha value is -6.39. The average Bonchev–Trinajstić information content (AvgIpc) is 3.77. The largest absolute Gasteiger partial charge is 0.456 e. The summed E-state index contributed by atoms with van der Waals surface area (Å²) in [6.45, 7) is 0. The highest BCUT2D eigenvalue weighted by Gasteiger charge is 2.18. The molecule has 9 rings (SSSR count). The van der Waals surface area contributed by atoms with E-state index in [1.54, 1.807) is 0 Å². The number of rotatable bonds is 5. The Balaban J connectivity index is 1.42. The molecule has 0 fully saturated rings. The van der Waals surface area contributed by atoms with Crippen LogP contribution in [0.4, 0.5) is 0 Å². The molecule has 0 spiro atoms. The fourth-order valence-electron chi connectivity index (χ4n) is 4.64. The van der Waals surface area contributed by atoms with E-state index in [0.717, 1.165) is 0 Å². The number of nitrogens with zero attached hydrogens (tertiary/aromatic N) is 3. The molecule has 0 saturated carbocycles. The zero-order chi connectivity index (χ0) is 54.7. The molecule has 0 aliphatic heterocycles. The maximum Gasteiger partial charge on any atom is 0.164 e. The Morgan fingerprint density at radius 3 is 1.70 bits per heavy atom. The third-order valence-electron chi connectivity index (χ3n) is 6.75. The second-order valence-corrected chi connectivity index (χ2v) is 9.57. The van der Waals surface area contributed by atoms with Gasteiger partial charge in [0.1, 0.15) is 11.2 Å². The van der Waals surface area contributed by atoms with Gasteiger partial charge in [0, 0.05) is 27.5 Å². The highest BCUT2D eigenvalue weighted by Crippen LogP contribution is 2.38. The second-order valence-electron chi connectivity index (χ2n) is 9.57. The molecule has 47 heavy (non-hydrogen) atoms. The van der Waals surface area contributed by atoms with Crippen LogP contribution < -0.4 is 0 Å². The van der Waals surface area contributed by atoms with Crippen molar-refractivity contribution in [2.75, 3.05) is 0 Å². The van der Waals surface area contributed by atoms with Crippen molar-refractivity contribution in [2.45, 2.75) is 0 Å². The van der Waals surface area contributed by atoms with E-state index in [4.69, 9.17) is 35.9 Å². The molecule has 4 nitrogen and oxygen atoms in total. The molecule has 220 valence electrons. The van der Waals surface area contributed by atoms with E-state index in [1.165, 1.54) is 0 Å². The first-order chi connectivity index (χ1) is 34.5. The summed E-state index contributed by atoms with van der Waals surface area (Å²) < 4.78 is 241. The van der Waals surface area contributed by atoms with Gasteiger partial charge in [0.2, 0.25) is 0 Å². The van der Waals surface area contributed by atoms with Gasteiger partial charge >= 0.3 is 0 Å². The Kier molecular flexibility index (Phi) is 2.66. The monoisotopic (exact) mass is 628 g/mol. The van der Waals surface area contributed by atoms with Crippen LogP contribution in [-0.4, -0.2) is 15.0 Å². The van der Waals surface area contributed by atoms with Gasteiger partial charge in [0.25, 0.3) is 0 Å². The molecular weight excluding hydrogens is 574 g/mol. The fourth-order valence-corrected chi connectivity index (χ4v) is 4.64. The molecule has 0 N–H and O–H groups in total. The summed E-state index contributed by atoms with van der Waals surface area (Å²) in [6.07, 6.45) is 0. The van der Waals surface area contributed by atoms with Crippen LogP contribution in [-0.2, 0) is 0 Å². The summed E-state index contributed by atoms with van der Waals surface area (Å²) in [5.74, 6) is -2.54. The molecule has 0 aliphatic carbocycles. The van der Waals surface area contributed by atoms with Gasteiger partial charge in [-0.1, -0.05) is 139 Å². The van der Waals surface area contributed by atoms with Crippen LogP contribution in [0.3, 0.4) is 0 Å². The SMILES string of the molecule is [2H]c1c([2H])c([2H])c(-c2nc(-c3c([2H])c([2H])c(-c4c([2H])c([2H])c([2H])c([2H])c4[2H])c([2H])c3[2H])nc(-c3c([2H])c([2H])c([2H])c4oc5c([2H])c(-c6c([2H])c([2H])c7c([2H])c([2H])c([2H])c([2H])c7c6[2H])c([2H])c([2H])c5c34)n2)c([2H])c1[2H]. The molecule has 0 atom stereocenters. The quantitative estimate of drug-likeness (QED) is 0.190. The topological polar surface area (TPSA) is 51.8 Å². The minimum Gasteiger partial charge on any atom is -0.456 e. The Bertz CT molecular complexity index is 4030. The number of hydrogen-bond acceptors (Lipinski definition) is 4. The normalized spacial score (nSPS) is 19.4. The molecule has 0 aliphatic rings. The first-order valence-corrected chi connectivity index (χ1v) is 13.5. The highest BCUT2D eigenvalue weighted by atomic mass is 16.3. The Morgan fingerprint density at radius 1 is 0.383 bits per heavy atom. The van der Waals surface area contributed by atoms with Crippen LogP contribution in [0, 0.1) is 0 Å². The molecule has 2 aromatic heterocycles. The van der Waals surface area contributed by atoms with Gasteiger partial charge in [-0.05, 0) is 57.2 Å². The van der Waals surface area contributed by atoms with Crippen LogP contribution >= 0.6 is 0 Å². The first-order valence-electron chi connectivity index (χ1n) is 27.0. The van der Waals surface area contributed by atoms with E-state index < -0.39 is 252 Å². The molecule has 0 radical (unpaired) electrons. The van der Waals surface area contributed by atoms with Gasteiger partial charge in [-0.25, -0.2) is 15.0 Å². The standard InChI is InChI=1S/C43H27N3O/c1-3-10-28(11-4-1)30-18-21-32(22-19-30)42-44-41(31-13-5-2-6-14-31)45-43(46-42)37-16-9-17-38-40(37)36-25-24-35(27-39(36)47-38)34-23-20-29-12-7-8-15-33(29)26-34/h1-27H/i1D,2D,3D,4D,5D,6D,7D,8D,9D,10D,11D,12D,13D,14D,15D,16D,17D,18D,19D,20D,21D,22D,23D,24D,25D,26D,27D. The third kappa shape index (κ3) is 4.93. The van der Waals surface area contributed by atoms with Crippen molar-refractivity contribution in [3.8, 4) is 56.4 Å². The zero-order valence-corrected chi connectivity index (χ0v) is 23.2. The van der Waals surface area contributed by atoms with Crippen molar-refractivity contribution in [2.24, 2.45) is 0 Å². The molecule has 9 aromatic rings. The van der Waals surface area contributed by atoms with Crippen LogP contribution in [0.5, 0.6) is 0 Å². The number of hydrogen-bond donors (Lipinski definition) is 0. The van der Waals surface area contributed by atoms with E-state index in [0.29, 0.717) is 0 Å². The number of benzene rings is 7. The van der Waals surface area contributed by atoms with E-state index in [9.17, 15) is 5.48 Å². The summed E-state index contributed by atoms with van der Waals surface area (Å²) in [5.41, 5.74) is -6.41. The van der Waals surface area contributed by atoms with Crippen LogP contribution in [0.25, 0.3) is 89.1 Å². The molecule has 0 bridgehead atoms. The van der Waals surface area contributed by atoms with Crippen molar-refractivity contribution in [3.63, 3.8) is 0 Å². The van der Waals surface area contributed by atoms with Crippen molar-refractivity contribution in [3.05, 3.63) is 163 Å². The fraction of sp³-hybridized carbons (Fsp3) is 0. The lowest BCUT2D eigenvalue weighted by atomic mass is 9.99. The van der Waals surface area contributed by atoms with Gasteiger partial charge in [-0.15, -0.1) is 0 Å². The molecular formula is C43H27N3O. The lowest BCUT2D eigenvalue weighted by Gasteiger charge is -2.10. The smallest absolute Gasteiger partial charge is 0.164 e. The van der Waals surface area contributed by atoms with Crippen molar-refractivity contribution >= 4 is 32.7 Å². The van der Waals surface area contributed by atoms with Gasteiger partial charge in [0.05, 0.1) is 37.0 Å². The molecule has 7 aromatic carbocycles. The van der Waals surface area contributed by atoms with E-state index >= 15 is 0 Å². The highest BCUT2D eigenvalue weighted by molar-refractivity contribution is 6.12. The zero-order valence-electron chi connectivity index (χ0n) is 50.2. The first kappa shape index (κ1) is 11.1. The Labute approximate surface area is 309 Å². The molecule has 0 saturated heterocycles. The summed E-state index contributed by atoms with van der Waals surface area (Å²) in [4.78, 5) is 13.0. The van der Waals surface area contributed by atoms with Crippen molar-refractivity contribution in [1.29, 1.82) is 0 Å². The minimum absolute atomic E-state index is 0.504. The molecule has 0 unspecified atom stereocenters. The summed E-state index contributed by atoms with van der Waals surface area (Å²) in [7, 11) is 0. The predicted molar refractivity (Wildman–Crippen MR) is 192 cm³/mol. The molecule has 4 heteroatoms. The summed E-state index contributed by atoms with van der Waals surface area (Å²) >= 11 is 0. The van der Waals surface area contributed by atoms with E-state index in [2.05, 4.69) is 15.0 Å². The van der Waals surface area contributed by atoms with Crippen molar-refractivity contribution in [1.82, 2.24) is 15.0 Å². The summed E-state index contributed by atoms with van der Waals surface area (Å²) in [5, 5.41) is -2.13. The van der Waals surface area contributed by atoms with E-state index in [1.807, 2.05) is 0 Å². The molecule has 2 heterocycles. The van der Waals surface area contributed by atoms with Crippen molar-refractivity contribution < 1.29 is 41.4 Å². The predicted octanol–water partition coefficient (Wildman–Crippen LogP) is 11.3. The maximum atomic E-state index is 9.37. The number of aromatic nitrogens is 3. The van der Waals surface area contributed by atoms with Gasteiger partial charge < -0.3 is 4.42 Å². The minimum atomic E-state index is -1.01. The molecule has 0 amide bonds. The van der Waals surface area contributed by atoms with Crippen LogP contribution in [0.15, 0.2) is 168 Å². The average molecular weight is 629 g/mol. The summed E-state index contributed by atoms with van der Waals surface area (Å²) in [6, 6.07) is -23.7. The van der Waals surface area contributed by atoms with Crippen LogP contribution in [0.2, 0.25) is 0 Å². The van der Waals surface area contributed by atoms with Gasteiger partial charge in [-0.2, -0.15) is 0 Å².